The fourth-order valence-corrected chi connectivity index (χ4v) is 1.49. The Morgan fingerprint density at radius 2 is 1.59 bits per heavy atom. The third-order valence-corrected chi connectivity index (χ3v) is 2.31. The minimum atomic E-state index is -0.475. The lowest BCUT2D eigenvalue weighted by atomic mass is 9.95. The first kappa shape index (κ1) is 13.6. The Hall–Kier alpha value is -1.51. The second-order valence-corrected chi connectivity index (χ2v) is 5.62. The zero-order valence-corrected chi connectivity index (χ0v) is 11.2. The van der Waals surface area contributed by atoms with E-state index in [-0.39, 0.29) is 0 Å². The van der Waals surface area contributed by atoms with Gasteiger partial charge in [-0.25, -0.2) is 4.79 Å². The standard InChI is InChI=1S/C14H21NO2/c1-13(2,3)17-12(16)15-14(4,5)11-9-7-6-8-10-11/h6-10H,1-5H3,(H,15,16). The fraction of sp³-hybridized carbons (Fsp3) is 0.500. The number of carbonyl (C=O) groups excluding carboxylic acids is 1. The first-order valence-corrected chi connectivity index (χ1v) is 5.77. The SMILES string of the molecule is CC(C)(C)OC(=O)NC(C)(C)c1ccccc1. The van der Waals surface area contributed by atoms with E-state index in [9.17, 15) is 4.79 Å². The average Bonchev–Trinajstić information content (AvgIpc) is 2.15. The molecule has 3 heteroatoms. The van der Waals surface area contributed by atoms with Crippen LogP contribution < -0.4 is 5.32 Å². The van der Waals surface area contributed by atoms with Crippen molar-refractivity contribution < 1.29 is 9.53 Å². The van der Waals surface area contributed by atoms with E-state index in [0.29, 0.717) is 0 Å². The summed E-state index contributed by atoms with van der Waals surface area (Å²) in [6, 6.07) is 9.82. The molecule has 0 saturated carbocycles. The van der Waals surface area contributed by atoms with E-state index in [1.807, 2.05) is 65.0 Å². The largest absolute Gasteiger partial charge is 0.444 e. The van der Waals surface area contributed by atoms with Gasteiger partial charge in [0.25, 0.3) is 0 Å². The van der Waals surface area contributed by atoms with Crippen molar-refractivity contribution in [2.75, 3.05) is 0 Å². The molecule has 1 aromatic rings. The van der Waals surface area contributed by atoms with Crippen LogP contribution in [0, 0.1) is 0 Å². The lowest BCUT2D eigenvalue weighted by Crippen LogP contribution is -2.43. The zero-order valence-electron chi connectivity index (χ0n) is 11.2. The highest BCUT2D eigenvalue weighted by Crippen LogP contribution is 2.20. The van der Waals surface area contributed by atoms with Crippen LogP contribution in [0.5, 0.6) is 0 Å². The normalized spacial score (nSPS) is 12.1. The summed E-state index contributed by atoms with van der Waals surface area (Å²) in [4.78, 5) is 11.7. The second kappa shape index (κ2) is 4.78. The topological polar surface area (TPSA) is 38.3 Å². The summed E-state index contributed by atoms with van der Waals surface area (Å²) in [5.41, 5.74) is 0.131. The van der Waals surface area contributed by atoms with Crippen molar-refractivity contribution in [3.8, 4) is 0 Å². The molecule has 0 aromatic heterocycles. The number of hydrogen-bond acceptors (Lipinski definition) is 2. The molecule has 94 valence electrons. The van der Waals surface area contributed by atoms with Gasteiger partial charge in [0.15, 0.2) is 0 Å². The molecule has 3 nitrogen and oxygen atoms in total. The fourth-order valence-electron chi connectivity index (χ4n) is 1.49. The average molecular weight is 235 g/mol. The van der Waals surface area contributed by atoms with Gasteiger partial charge in [-0.3, -0.25) is 0 Å². The molecule has 0 fully saturated rings. The summed E-state index contributed by atoms with van der Waals surface area (Å²) in [5.74, 6) is 0. The van der Waals surface area contributed by atoms with E-state index in [4.69, 9.17) is 4.74 Å². The van der Waals surface area contributed by atoms with Crippen molar-refractivity contribution in [1.29, 1.82) is 0 Å². The van der Waals surface area contributed by atoms with Crippen LogP contribution in [0.1, 0.15) is 40.2 Å². The molecular formula is C14H21NO2. The Bertz CT molecular complexity index is 377. The van der Waals surface area contributed by atoms with Crippen LogP contribution in [0.4, 0.5) is 4.79 Å². The quantitative estimate of drug-likeness (QED) is 0.852. The molecule has 1 rings (SSSR count). The Morgan fingerprint density at radius 3 is 2.06 bits per heavy atom. The zero-order chi connectivity index (χ0) is 13.1. The molecule has 0 heterocycles. The highest BCUT2D eigenvalue weighted by Gasteiger charge is 2.25. The summed E-state index contributed by atoms with van der Waals surface area (Å²) in [6.45, 7) is 9.45. The van der Waals surface area contributed by atoms with Crippen LogP contribution >= 0.6 is 0 Å². The first-order chi connectivity index (χ1) is 7.71. The van der Waals surface area contributed by atoms with E-state index in [1.54, 1.807) is 0 Å². The van der Waals surface area contributed by atoms with Gasteiger partial charge in [0.1, 0.15) is 5.60 Å². The first-order valence-electron chi connectivity index (χ1n) is 5.77. The molecule has 0 radical (unpaired) electrons. The van der Waals surface area contributed by atoms with Crippen molar-refractivity contribution in [1.82, 2.24) is 5.32 Å². The van der Waals surface area contributed by atoms with Crippen molar-refractivity contribution in [3.05, 3.63) is 35.9 Å². The molecule has 17 heavy (non-hydrogen) atoms. The number of alkyl carbamates (subject to hydrolysis) is 1. The highest BCUT2D eigenvalue weighted by atomic mass is 16.6. The van der Waals surface area contributed by atoms with Gasteiger partial charge in [0, 0.05) is 0 Å². The van der Waals surface area contributed by atoms with Crippen molar-refractivity contribution in [2.24, 2.45) is 0 Å². The van der Waals surface area contributed by atoms with Gasteiger partial charge in [-0.15, -0.1) is 0 Å². The van der Waals surface area contributed by atoms with Gasteiger partial charge in [-0.1, -0.05) is 30.3 Å². The van der Waals surface area contributed by atoms with Gasteiger partial charge in [-0.05, 0) is 40.2 Å². The molecule has 0 spiro atoms. The molecule has 0 aliphatic rings. The number of carbonyl (C=O) groups is 1. The molecule has 0 atom stereocenters. The van der Waals surface area contributed by atoms with Crippen molar-refractivity contribution >= 4 is 6.09 Å². The maximum atomic E-state index is 11.7. The van der Waals surface area contributed by atoms with E-state index in [0.717, 1.165) is 5.56 Å². The number of benzene rings is 1. The molecule has 1 aromatic carbocycles. The number of hydrogen-bond donors (Lipinski definition) is 1. The number of amides is 1. The molecule has 1 N–H and O–H groups in total. The van der Waals surface area contributed by atoms with Gasteiger partial charge >= 0.3 is 6.09 Å². The van der Waals surface area contributed by atoms with Crippen LogP contribution in [0.2, 0.25) is 0 Å². The Morgan fingerprint density at radius 1 is 1.06 bits per heavy atom. The van der Waals surface area contributed by atoms with Crippen LogP contribution in [0.3, 0.4) is 0 Å². The lowest BCUT2D eigenvalue weighted by Gasteiger charge is -2.29. The lowest BCUT2D eigenvalue weighted by molar-refractivity contribution is 0.0470. The number of ether oxygens (including phenoxy) is 1. The van der Waals surface area contributed by atoms with Crippen LogP contribution in [0.15, 0.2) is 30.3 Å². The Labute approximate surface area is 103 Å². The van der Waals surface area contributed by atoms with E-state index in [1.165, 1.54) is 0 Å². The van der Waals surface area contributed by atoms with Crippen LogP contribution in [0.25, 0.3) is 0 Å². The summed E-state index contributed by atoms with van der Waals surface area (Å²) < 4.78 is 5.25. The van der Waals surface area contributed by atoms with Gasteiger partial charge in [-0.2, -0.15) is 0 Å². The third-order valence-electron chi connectivity index (χ3n) is 2.31. The molecule has 1 amide bonds. The van der Waals surface area contributed by atoms with Crippen molar-refractivity contribution in [2.45, 2.75) is 45.8 Å². The minimum Gasteiger partial charge on any atom is -0.444 e. The smallest absolute Gasteiger partial charge is 0.408 e. The third kappa shape index (κ3) is 4.47. The van der Waals surface area contributed by atoms with Crippen LogP contribution in [-0.2, 0) is 10.3 Å². The predicted octanol–water partition coefficient (Wildman–Crippen LogP) is 3.45. The van der Waals surface area contributed by atoms with Gasteiger partial charge in [0.2, 0.25) is 0 Å². The van der Waals surface area contributed by atoms with Gasteiger partial charge < -0.3 is 10.1 Å². The summed E-state index contributed by atoms with van der Waals surface area (Å²) >= 11 is 0. The summed E-state index contributed by atoms with van der Waals surface area (Å²) in [5, 5.41) is 2.87. The van der Waals surface area contributed by atoms with Crippen molar-refractivity contribution in [3.63, 3.8) is 0 Å². The monoisotopic (exact) mass is 235 g/mol. The minimum absolute atomic E-state index is 0.397. The summed E-state index contributed by atoms with van der Waals surface area (Å²) in [7, 11) is 0. The second-order valence-electron chi connectivity index (χ2n) is 5.62. The maximum Gasteiger partial charge on any atom is 0.408 e. The molecule has 0 saturated heterocycles. The Kier molecular flexibility index (Phi) is 3.81. The molecule has 0 unspecified atom stereocenters. The predicted molar refractivity (Wildman–Crippen MR) is 68.8 cm³/mol. The van der Waals surface area contributed by atoms with Crippen LogP contribution in [-0.4, -0.2) is 11.7 Å². The van der Waals surface area contributed by atoms with E-state index >= 15 is 0 Å². The molecule has 0 bridgehead atoms. The van der Waals surface area contributed by atoms with E-state index in [2.05, 4.69) is 5.32 Å². The maximum absolute atomic E-state index is 11.7. The number of rotatable bonds is 2. The molecule has 0 aliphatic carbocycles. The Balaban J connectivity index is 2.71. The van der Waals surface area contributed by atoms with E-state index < -0.39 is 17.2 Å². The highest BCUT2D eigenvalue weighted by molar-refractivity contribution is 5.69. The van der Waals surface area contributed by atoms with Gasteiger partial charge in [0.05, 0.1) is 5.54 Å². The molecular weight excluding hydrogens is 214 g/mol. The summed E-state index contributed by atoms with van der Waals surface area (Å²) in [6.07, 6.45) is -0.397. The molecule has 0 aliphatic heterocycles. The number of nitrogens with one attached hydrogen (secondary N) is 1.